The summed E-state index contributed by atoms with van der Waals surface area (Å²) in [6.45, 7) is 4.89. The molecule has 33 heavy (non-hydrogen) atoms. The van der Waals surface area contributed by atoms with Crippen molar-refractivity contribution in [1.29, 1.82) is 0 Å². The highest BCUT2D eigenvalue weighted by molar-refractivity contribution is 5.77. The minimum absolute atomic E-state index is 0.229. The number of benzene rings is 1. The molecule has 4 heterocycles. The molecule has 0 bridgehead atoms. The molecule has 0 saturated carbocycles. The van der Waals surface area contributed by atoms with Crippen molar-refractivity contribution in [1.82, 2.24) is 24.4 Å². The number of rotatable bonds is 4. The van der Waals surface area contributed by atoms with Gasteiger partial charge < -0.3 is 29.3 Å². The van der Waals surface area contributed by atoms with Gasteiger partial charge in [-0.05, 0) is 12.1 Å². The summed E-state index contributed by atoms with van der Waals surface area (Å²) >= 11 is 0. The molecular weight excluding hydrogens is 426 g/mol. The fourth-order valence-corrected chi connectivity index (χ4v) is 4.28. The number of fused-ring (bicyclic) bond motifs is 1. The van der Waals surface area contributed by atoms with Crippen molar-refractivity contribution < 1.29 is 19.4 Å². The zero-order valence-electron chi connectivity index (χ0n) is 18.6. The third-order valence-electron chi connectivity index (χ3n) is 6.03. The number of ether oxygens (including phenoxy) is 2. The number of aromatic nitrogens is 4. The summed E-state index contributed by atoms with van der Waals surface area (Å²) in [6, 6.07) is 9.68. The number of nitrogens with zero attached hydrogens (tertiary/aromatic N) is 7. The van der Waals surface area contributed by atoms with Gasteiger partial charge in [-0.1, -0.05) is 12.1 Å². The molecule has 1 amide bonds. The average molecular weight is 454 g/mol. The molecule has 0 atom stereocenters. The van der Waals surface area contributed by atoms with Crippen LogP contribution >= 0.6 is 0 Å². The number of methoxy groups -OCH3 is 1. The molecular formula is C22H27N7O4. The van der Waals surface area contributed by atoms with Crippen molar-refractivity contribution in [2.75, 3.05) is 69.4 Å². The first-order valence-electron chi connectivity index (χ1n) is 11.0. The van der Waals surface area contributed by atoms with E-state index < -0.39 is 0 Å². The molecule has 0 spiro atoms. The number of aliphatic hydroxyl groups is 1. The quantitative estimate of drug-likeness (QED) is 0.619. The second kappa shape index (κ2) is 9.20. The Balaban J connectivity index is 1.56. The topological polar surface area (TPSA) is 109 Å². The second-order valence-corrected chi connectivity index (χ2v) is 7.94. The Morgan fingerprint density at radius 2 is 1.67 bits per heavy atom. The number of para-hydroxylation sites is 2. The first-order chi connectivity index (χ1) is 16.2. The number of hydrogen-bond donors (Lipinski definition) is 1. The largest absolute Gasteiger partial charge is 0.453 e. The number of hydrogen-bond acceptors (Lipinski definition) is 9. The minimum Gasteiger partial charge on any atom is -0.453 e. The molecule has 0 unspecified atom stereocenters. The van der Waals surface area contributed by atoms with Crippen molar-refractivity contribution in [3.8, 4) is 5.95 Å². The summed E-state index contributed by atoms with van der Waals surface area (Å²) in [6.07, 6.45) is -0.315. The van der Waals surface area contributed by atoms with Crippen LogP contribution in [-0.4, -0.2) is 95.2 Å². The average Bonchev–Trinajstić information content (AvgIpc) is 3.27. The summed E-state index contributed by atoms with van der Waals surface area (Å²) in [5, 5.41) is 10.00. The Morgan fingerprint density at radius 1 is 1.00 bits per heavy atom. The molecule has 0 aliphatic carbocycles. The number of amides is 1. The summed E-state index contributed by atoms with van der Waals surface area (Å²) in [5.41, 5.74) is 1.61. The van der Waals surface area contributed by atoms with Crippen molar-refractivity contribution in [2.24, 2.45) is 0 Å². The molecule has 174 valence electrons. The van der Waals surface area contributed by atoms with Crippen molar-refractivity contribution >= 4 is 28.8 Å². The molecule has 11 heteroatoms. The molecule has 2 aliphatic rings. The van der Waals surface area contributed by atoms with Crippen LogP contribution < -0.4 is 9.80 Å². The number of carbonyl (C=O) groups is 1. The standard InChI is InChI=1S/C22H27N7O4/c1-32-22(31)28-8-6-26(7-9-28)18-14-19(27-10-12-33-13-11-27)25-21(24-18)29-17-5-3-2-4-16(17)23-20(29)15-30/h2-5,14,30H,6-13,15H2,1H3. The van der Waals surface area contributed by atoms with Gasteiger partial charge in [0, 0.05) is 45.3 Å². The molecule has 2 saturated heterocycles. The number of anilines is 2. The zero-order chi connectivity index (χ0) is 22.8. The van der Waals surface area contributed by atoms with Gasteiger partial charge in [-0.3, -0.25) is 4.57 Å². The van der Waals surface area contributed by atoms with Crippen molar-refractivity contribution in [3.05, 3.63) is 36.2 Å². The highest BCUT2D eigenvalue weighted by Gasteiger charge is 2.25. The Labute approximate surface area is 191 Å². The summed E-state index contributed by atoms with van der Waals surface area (Å²) < 4.78 is 12.2. The second-order valence-electron chi connectivity index (χ2n) is 7.94. The highest BCUT2D eigenvalue weighted by Crippen LogP contribution is 2.26. The van der Waals surface area contributed by atoms with E-state index in [1.165, 1.54) is 7.11 Å². The Bertz CT molecular complexity index is 1140. The van der Waals surface area contributed by atoms with E-state index in [1.54, 1.807) is 4.90 Å². The minimum atomic E-state index is -0.315. The Hall–Kier alpha value is -3.44. The van der Waals surface area contributed by atoms with E-state index in [-0.39, 0.29) is 12.7 Å². The predicted molar refractivity (Wildman–Crippen MR) is 122 cm³/mol. The Kier molecular flexibility index (Phi) is 5.97. The van der Waals surface area contributed by atoms with E-state index in [2.05, 4.69) is 14.8 Å². The van der Waals surface area contributed by atoms with E-state index >= 15 is 0 Å². The molecule has 5 rings (SSSR count). The van der Waals surface area contributed by atoms with Crippen LogP contribution in [0, 0.1) is 0 Å². The third kappa shape index (κ3) is 4.16. The van der Waals surface area contributed by atoms with Crippen LogP contribution in [0.4, 0.5) is 16.4 Å². The van der Waals surface area contributed by atoms with Crippen LogP contribution in [0.5, 0.6) is 0 Å². The van der Waals surface area contributed by atoms with Gasteiger partial charge in [-0.25, -0.2) is 9.78 Å². The van der Waals surface area contributed by atoms with Gasteiger partial charge in [0.15, 0.2) is 0 Å². The third-order valence-corrected chi connectivity index (χ3v) is 6.03. The molecule has 1 N–H and O–H groups in total. The van der Waals surface area contributed by atoms with Crippen molar-refractivity contribution in [3.63, 3.8) is 0 Å². The number of carbonyl (C=O) groups excluding carboxylic acids is 1. The van der Waals surface area contributed by atoms with Gasteiger partial charge >= 0.3 is 6.09 Å². The maximum atomic E-state index is 11.9. The lowest BCUT2D eigenvalue weighted by atomic mass is 10.3. The maximum Gasteiger partial charge on any atom is 0.409 e. The van der Waals surface area contributed by atoms with Crippen LogP contribution in [0.2, 0.25) is 0 Å². The van der Waals surface area contributed by atoms with Gasteiger partial charge in [0.05, 0.1) is 31.4 Å². The number of aliphatic hydroxyl groups excluding tert-OH is 1. The SMILES string of the molecule is COC(=O)N1CCN(c2cc(N3CCOCC3)nc(-n3c(CO)nc4ccccc43)n2)CC1. The van der Waals surface area contributed by atoms with Crippen molar-refractivity contribution in [2.45, 2.75) is 6.61 Å². The maximum absolute atomic E-state index is 11.9. The number of imidazole rings is 1. The number of piperazine rings is 1. The van der Waals surface area contributed by atoms with Crippen LogP contribution in [0.25, 0.3) is 17.0 Å². The van der Waals surface area contributed by atoms with E-state index in [9.17, 15) is 9.90 Å². The van der Waals surface area contributed by atoms with E-state index in [0.29, 0.717) is 51.2 Å². The Morgan fingerprint density at radius 3 is 2.33 bits per heavy atom. The van der Waals surface area contributed by atoms with E-state index in [1.807, 2.05) is 34.9 Å². The van der Waals surface area contributed by atoms with Gasteiger partial charge in [-0.2, -0.15) is 9.97 Å². The van der Waals surface area contributed by atoms with Gasteiger partial charge in [0.1, 0.15) is 24.1 Å². The monoisotopic (exact) mass is 453 g/mol. The molecule has 2 fully saturated rings. The fraction of sp³-hybridized carbons (Fsp3) is 0.455. The van der Waals surface area contributed by atoms with E-state index in [0.717, 1.165) is 35.8 Å². The predicted octanol–water partition coefficient (Wildman–Crippen LogP) is 1.03. The molecule has 2 aromatic heterocycles. The lowest BCUT2D eigenvalue weighted by Crippen LogP contribution is -2.49. The summed E-state index contributed by atoms with van der Waals surface area (Å²) in [4.78, 5) is 32.2. The van der Waals surface area contributed by atoms with Gasteiger partial charge in [0.25, 0.3) is 0 Å². The molecule has 2 aliphatic heterocycles. The zero-order valence-corrected chi connectivity index (χ0v) is 18.6. The fourth-order valence-electron chi connectivity index (χ4n) is 4.28. The first kappa shape index (κ1) is 21.4. The van der Waals surface area contributed by atoms with E-state index in [4.69, 9.17) is 19.4 Å². The highest BCUT2D eigenvalue weighted by atomic mass is 16.5. The molecule has 11 nitrogen and oxygen atoms in total. The lowest BCUT2D eigenvalue weighted by Gasteiger charge is -2.35. The van der Waals surface area contributed by atoms with Crippen LogP contribution in [0.15, 0.2) is 30.3 Å². The molecule has 0 radical (unpaired) electrons. The van der Waals surface area contributed by atoms with Crippen LogP contribution in [0.3, 0.4) is 0 Å². The summed E-state index contributed by atoms with van der Waals surface area (Å²) in [5.74, 6) is 2.52. The number of morpholine rings is 1. The first-order valence-corrected chi connectivity index (χ1v) is 11.0. The summed E-state index contributed by atoms with van der Waals surface area (Å²) in [7, 11) is 1.40. The van der Waals surface area contributed by atoms with Crippen LogP contribution in [-0.2, 0) is 16.1 Å². The molecule has 3 aromatic rings. The van der Waals surface area contributed by atoms with Gasteiger partial charge in [-0.15, -0.1) is 0 Å². The smallest absolute Gasteiger partial charge is 0.409 e. The molecule has 1 aromatic carbocycles. The lowest BCUT2D eigenvalue weighted by molar-refractivity contribution is 0.121. The van der Waals surface area contributed by atoms with Crippen LogP contribution in [0.1, 0.15) is 5.82 Å². The van der Waals surface area contributed by atoms with Gasteiger partial charge in [0.2, 0.25) is 5.95 Å². The normalized spacial score (nSPS) is 17.0.